The first kappa shape index (κ1) is 15.5. The number of phenolic OH excluding ortho intramolecular Hbond substituents is 2. The molecule has 0 spiro atoms. The van der Waals surface area contributed by atoms with E-state index in [2.05, 4.69) is 0 Å². The minimum atomic E-state index is -0.833. The van der Waals surface area contributed by atoms with Crippen LogP contribution in [-0.2, 0) is 4.79 Å². The average molecular weight is 248 g/mol. The van der Waals surface area contributed by atoms with Gasteiger partial charge in [-0.25, -0.2) is 0 Å². The monoisotopic (exact) mass is 248 g/mol. The Hall–Kier alpha value is -2.49. The molecular weight excluding hydrogens is 232 g/mol. The first-order valence-electron chi connectivity index (χ1n) is 5.20. The maximum absolute atomic E-state index is 9.00. The molecule has 0 heterocycles. The van der Waals surface area contributed by atoms with Gasteiger partial charge in [0.25, 0.3) is 5.97 Å². The summed E-state index contributed by atoms with van der Waals surface area (Å²) < 4.78 is 0. The number of carboxylic acids is 1. The van der Waals surface area contributed by atoms with E-state index in [1.54, 1.807) is 48.5 Å². The van der Waals surface area contributed by atoms with Gasteiger partial charge in [-0.3, -0.25) is 4.79 Å². The average Bonchev–Trinajstić information content (AvgIpc) is 2.31. The van der Waals surface area contributed by atoms with Crippen molar-refractivity contribution >= 4 is 5.97 Å². The lowest BCUT2D eigenvalue weighted by Crippen LogP contribution is -1.78. The molecule has 96 valence electrons. The Morgan fingerprint density at radius 2 is 1.00 bits per heavy atom. The summed E-state index contributed by atoms with van der Waals surface area (Å²) in [5, 5.41) is 24.7. The number of hydrogen-bond acceptors (Lipinski definition) is 3. The maximum Gasteiger partial charge on any atom is 0.300 e. The summed E-state index contributed by atoms with van der Waals surface area (Å²) in [4.78, 5) is 9.00. The number of hydrogen-bond donors (Lipinski definition) is 3. The van der Waals surface area contributed by atoms with E-state index < -0.39 is 5.97 Å². The van der Waals surface area contributed by atoms with Gasteiger partial charge >= 0.3 is 0 Å². The molecule has 0 fully saturated rings. The third kappa shape index (κ3) is 11.6. The second-order valence-corrected chi connectivity index (χ2v) is 3.19. The normalized spacial score (nSPS) is 8.06. The fourth-order valence-corrected chi connectivity index (χ4v) is 0.856. The van der Waals surface area contributed by atoms with E-state index in [1.165, 1.54) is 0 Å². The van der Waals surface area contributed by atoms with Crippen molar-refractivity contribution in [3.63, 3.8) is 0 Å². The molecule has 0 atom stereocenters. The highest BCUT2D eigenvalue weighted by molar-refractivity contribution is 5.62. The molecule has 18 heavy (non-hydrogen) atoms. The molecule has 0 bridgehead atoms. The smallest absolute Gasteiger partial charge is 0.300 e. The quantitative estimate of drug-likeness (QED) is 0.670. The lowest BCUT2D eigenvalue weighted by Gasteiger charge is -1.82. The molecule has 4 nitrogen and oxygen atoms in total. The van der Waals surface area contributed by atoms with Crippen LogP contribution in [0.2, 0.25) is 0 Å². The second kappa shape index (κ2) is 9.72. The standard InChI is InChI=1S/2C6H6O.C2H4O2/c2*7-6-4-2-1-3-5-6;1-2(3)4/h2*1-5,7H;1H3,(H,3,4). The number of benzene rings is 2. The predicted octanol–water partition coefficient (Wildman–Crippen LogP) is 2.88. The van der Waals surface area contributed by atoms with Crippen molar-refractivity contribution in [2.24, 2.45) is 0 Å². The van der Waals surface area contributed by atoms with Crippen LogP contribution in [0.25, 0.3) is 0 Å². The lowest BCUT2D eigenvalue weighted by atomic mass is 10.3. The van der Waals surface area contributed by atoms with Crippen molar-refractivity contribution in [3.05, 3.63) is 60.7 Å². The fraction of sp³-hybridized carbons (Fsp3) is 0.0714. The van der Waals surface area contributed by atoms with Gasteiger partial charge in [-0.15, -0.1) is 0 Å². The second-order valence-electron chi connectivity index (χ2n) is 3.19. The molecule has 4 heteroatoms. The Bertz CT molecular complexity index is 385. The van der Waals surface area contributed by atoms with Gasteiger partial charge in [-0.05, 0) is 24.3 Å². The van der Waals surface area contributed by atoms with Crippen LogP contribution in [0.4, 0.5) is 0 Å². The molecular formula is C14H16O4. The van der Waals surface area contributed by atoms with E-state index in [4.69, 9.17) is 20.1 Å². The summed E-state index contributed by atoms with van der Waals surface area (Å²) >= 11 is 0. The highest BCUT2D eigenvalue weighted by Gasteiger charge is 1.75. The van der Waals surface area contributed by atoms with Gasteiger partial charge < -0.3 is 15.3 Å². The summed E-state index contributed by atoms with van der Waals surface area (Å²) in [7, 11) is 0. The Labute approximate surface area is 106 Å². The number of phenols is 2. The highest BCUT2D eigenvalue weighted by atomic mass is 16.4. The fourth-order valence-electron chi connectivity index (χ4n) is 0.856. The van der Waals surface area contributed by atoms with Crippen molar-refractivity contribution in [1.29, 1.82) is 0 Å². The van der Waals surface area contributed by atoms with Crippen LogP contribution in [0.5, 0.6) is 11.5 Å². The van der Waals surface area contributed by atoms with Crippen LogP contribution in [0.15, 0.2) is 60.7 Å². The van der Waals surface area contributed by atoms with E-state index in [-0.39, 0.29) is 0 Å². The van der Waals surface area contributed by atoms with E-state index in [0.29, 0.717) is 11.5 Å². The van der Waals surface area contributed by atoms with E-state index in [1.807, 2.05) is 12.1 Å². The largest absolute Gasteiger partial charge is 0.508 e. The first-order valence-corrected chi connectivity index (χ1v) is 5.20. The zero-order valence-electron chi connectivity index (χ0n) is 10.0. The zero-order chi connectivity index (χ0) is 13.8. The number of carbonyl (C=O) groups is 1. The molecule has 0 saturated heterocycles. The highest BCUT2D eigenvalue weighted by Crippen LogP contribution is 2.03. The molecule has 0 amide bonds. The van der Waals surface area contributed by atoms with Crippen LogP contribution in [0.1, 0.15) is 6.92 Å². The Balaban J connectivity index is 0.000000253. The van der Waals surface area contributed by atoms with E-state index >= 15 is 0 Å². The van der Waals surface area contributed by atoms with Gasteiger partial charge in [0.15, 0.2) is 0 Å². The van der Waals surface area contributed by atoms with Crippen molar-refractivity contribution in [3.8, 4) is 11.5 Å². The molecule has 0 aromatic heterocycles. The van der Waals surface area contributed by atoms with Gasteiger partial charge in [0.2, 0.25) is 0 Å². The van der Waals surface area contributed by atoms with Crippen LogP contribution in [0, 0.1) is 0 Å². The SMILES string of the molecule is CC(=O)O.Oc1ccccc1.Oc1ccccc1. The Morgan fingerprint density at radius 1 is 0.778 bits per heavy atom. The van der Waals surface area contributed by atoms with Gasteiger partial charge in [-0.2, -0.15) is 0 Å². The van der Waals surface area contributed by atoms with Crippen molar-refractivity contribution in [2.45, 2.75) is 6.92 Å². The molecule has 2 rings (SSSR count). The molecule has 0 saturated carbocycles. The van der Waals surface area contributed by atoms with Gasteiger partial charge in [0, 0.05) is 6.92 Å². The Morgan fingerprint density at radius 3 is 1.11 bits per heavy atom. The molecule has 0 unspecified atom stereocenters. The summed E-state index contributed by atoms with van der Waals surface area (Å²) in [6.45, 7) is 1.08. The lowest BCUT2D eigenvalue weighted by molar-refractivity contribution is -0.134. The molecule has 3 N–H and O–H groups in total. The third-order valence-corrected chi connectivity index (χ3v) is 1.51. The number of aromatic hydroxyl groups is 2. The predicted molar refractivity (Wildman–Crippen MR) is 69.5 cm³/mol. The van der Waals surface area contributed by atoms with Crippen molar-refractivity contribution in [2.75, 3.05) is 0 Å². The van der Waals surface area contributed by atoms with Crippen LogP contribution >= 0.6 is 0 Å². The zero-order valence-corrected chi connectivity index (χ0v) is 10.0. The molecule has 0 aliphatic rings. The van der Waals surface area contributed by atoms with Crippen LogP contribution < -0.4 is 0 Å². The summed E-state index contributed by atoms with van der Waals surface area (Å²) in [5.74, 6) is -0.190. The van der Waals surface area contributed by atoms with Gasteiger partial charge in [-0.1, -0.05) is 36.4 Å². The number of carboxylic acid groups (broad SMARTS) is 1. The molecule has 2 aromatic carbocycles. The number of rotatable bonds is 0. The third-order valence-electron chi connectivity index (χ3n) is 1.51. The van der Waals surface area contributed by atoms with Crippen LogP contribution in [0.3, 0.4) is 0 Å². The summed E-state index contributed by atoms with van der Waals surface area (Å²) in [5.41, 5.74) is 0. The molecule has 2 aromatic rings. The topological polar surface area (TPSA) is 77.8 Å². The summed E-state index contributed by atoms with van der Waals surface area (Å²) in [6, 6.07) is 17.4. The number of para-hydroxylation sites is 2. The van der Waals surface area contributed by atoms with E-state index in [9.17, 15) is 0 Å². The van der Waals surface area contributed by atoms with Crippen LogP contribution in [-0.4, -0.2) is 21.3 Å². The van der Waals surface area contributed by atoms with Crippen molar-refractivity contribution < 1.29 is 20.1 Å². The first-order chi connectivity index (χ1) is 8.52. The summed E-state index contributed by atoms with van der Waals surface area (Å²) in [6.07, 6.45) is 0. The molecule has 0 aliphatic heterocycles. The minimum absolute atomic E-state index is 0.322. The molecule has 0 aliphatic carbocycles. The number of aliphatic carboxylic acids is 1. The van der Waals surface area contributed by atoms with E-state index in [0.717, 1.165) is 6.92 Å². The molecule has 0 radical (unpaired) electrons. The Kier molecular flexibility index (Phi) is 8.37. The maximum atomic E-state index is 9.00. The van der Waals surface area contributed by atoms with Gasteiger partial charge in [0.05, 0.1) is 0 Å². The minimum Gasteiger partial charge on any atom is -0.508 e. The van der Waals surface area contributed by atoms with Crippen molar-refractivity contribution in [1.82, 2.24) is 0 Å². The van der Waals surface area contributed by atoms with Gasteiger partial charge in [0.1, 0.15) is 11.5 Å².